The van der Waals surface area contributed by atoms with Crippen molar-refractivity contribution in [2.75, 3.05) is 11.9 Å². The van der Waals surface area contributed by atoms with Crippen LogP contribution in [0.4, 0.5) is 5.69 Å². The van der Waals surface area contributed by atoms with Gasteiger partial charge < -0.3 is 5.32 Å². The van der Waals surface area contributed by atoms with Gasteiger partial charge in [0.1, 0.15) is 0 Å². The SMILES string of the molecule is CC(C)CNc1ccc(S(N)(=O)=O)cc1Br. The molecular formula is C10H15BrN2O2S. The monoisotopic (exact) mass is 306 g/mol. The molecule has 0 radical (unpaired) electrons. The fourth-order valence-electron chi connectivity index (χ4n) is 1.13. The van der Waals surface area contributed by atoms with Crippen molar-refractivity contribution in [3.05, 3.63) is 22.7 Å². The molecule has 0 bridgehead atoms. The highest BCUT2D eigenvalue weighted by atomic mass is 79.9. The summed E-state index contributed by atoms with van der Waals surface area (Å²) in [4.78, 5) is 0.106. The Bertz CT molecular complexity index is 472. The first kappa shape index (κ1) is 13.5. The number of anilines is 1. The number of benzene rings is 1. The van der Waals surface area contributed by atoms with Gasteiger partial charge in [-0.2, -0.15) is 0 Å². The smallest absolute Gasteiger partial charge is 0.238 e. The summed E-state index contributed by atoms with van der Waals surface area (Å²) >= 11 is 3.31. The molecule has 0 spiro atoms. The molecule has 0 aliphatic rings. The van der Waals surface area contributed by atoms with Crippen molar-refractivity contribution in [2.24, 2.45) is 11.1 Å². The van der Waals surface area contributed by atoms with Crippen LogP contribution >= 0.6 is 15.9 Å². The third-order valence-corrected chi connectivity index (χ3v) is 3.54. The molecule has 0 amide bonds. The molecule has 0 saturated heterocycles. The maximum Gasteiger partial charge on any atom is 0.238 e. The zero-order valence-electron chi connectivity index (χ0n) is 9.20. The minimum atomic E-state index is -3.63. The molecule has 0 heterocycles. The summed E-state index contributed by atoms with van der Waals surface area (Å²) in [7, 11) is -3.63. The van der Waals surface area contributed by atoms with E-state index in [0.717, 1.165) is 12.2 Å². The van der Waals surface area contributed by atoms with Gasteiger partial charge in [-0.3, -0.25) is 0 Å². The van der Waals surface area contributed by atoms with E-state index in [2.05, 4.69) is 35.1 Å². The van der Waals surface area contributed by atoms with Crippen LogP contribution in [0, 0.1) is 5.92 Å². The van der Waals surface area contributed by atoms with Gasteiger partial charge in [0.25, 0.3) is 0 Å². The van der Waals surface area contributed by atoms with Gasteiger partial charge in [-0.25, -0.2) is 13.6 Å². The van der Waals surface area contributed by atoms with Crippen LogP contribution in [0.25, 0.3) is 0 Å². The van der Waals surface area contributed by atoms with Gasteiger partial charge in [0.2, 0.25) is 10.0 Å². The second kappa shape index (κ2) is 5.16. The highest BCUT2D eigenvalue weighted by Crippen LogP contribution is 2.25. The number of hydrogen-bond acceptors (Lipinski definition) is 3. The number of halogens is 1. The molecule has 0 aliphatic carbocycles. The molecule has 0 atom stereocenters. The summed E-state index contributed by atoms with van der Waals surface area (Å²) in [5.41, 5.74) is 0.862. The number of rotatable bonds is 4. The molecule has 16 heavy (non-hydrogen) atoms. The Hall–Kier alpha value is -0.590. The van der Waals surface area contributed by atoms with E-state index in [1.807, 2.05) is 0 Å². The largest absolute Gasteiger partial charge is 0.384 e. The molecule has 6 heteroatoms. The van der Waals surface area contributed by atoms with Crippen LogP contribution in [0.1, 0.15) is 13.8 Å². The molecule has 1 aromatic carbocycles. The molecule has 0 saturated carbocycles. The second-order valence-electron chi connectivity index (χ2n) is 3.96. The number of primary sulfonamides is 1. The van der Waals surface area contributed by atoms with Crippen molar-refractivity contribution in [3.63, 3.8) is 0 Å². The minimum absolute atomic E-state index is 0.106. The Morgan fingerprint density at radius 2 is 2.06 bits per heavy atom. The molecule has 90 valence electrons. The maximum atomic E-state index is 11.1. The van der Waals surface area contributed by atoms with Crippen molar-refractivity contribution in [2.45, 2.75) is 18.7 Å². The highest BCUT2D eigenvalue weighted by Gasteiger charge is 2.10. The van der Waals surface area contributed by atoms with Crippen LogP contribution in [-0.2, 0) is 10.0 Å². The molecule has 1 rings (SSSR count). The van der Waals surface area contributed by atoms with Crippen LogP contribution in [0.15, 0.2) is 27.6 Å². The second-order valence-corrected chi connectivity index (χ2v) is 6.38. The fourth-order valence-corrected chi connectivity index (χ4v) is 2.34. The molecule has 4 nitrogen and oxygen atoms in total. The van der Waals surface area contributed by atoms with Crippen LogP contribution in [0.2, 0.25) is 0 Å². The Morgan fingerprint density at radius 1 is 1.44 bits per heavy atom. The van der Waals surface area contributed by atoms with Crippen LogP contribution in [0.5, 0.6) is 0 Å². The number of hydrogen-bond donors (Lipinski definition) is 2. The van der Waals surface area contributed by atoms with Gasteiger partial charge in [0, 0.05) is 16.7 Å². The third-order valence-electron chi connectivity index (χ3n) is 1.97. The van der Waals surface area contributed by atoms with Crippen LogP contribution < -0.4 is 10.5 Å². The minimum Gasteiger partial charge on any atom is -0.384 e. The van der Waals surface area contributed by atoms with E-state index < -0.39 is 10.0 Å². The summed E-state index contributed by atoms with van der Waals surface area (Å²) in [5, 5.41) is 8.24. The van der Waals surface area contributed by atoms with E-state index in [1.165, 1.54) is 12.1 Å². The topological polar surface area (TPSA) is 72.2 Å². The Labute approximate surface area is 104 Å². The Kier molecular flexibility index (Phi) is 4.35. The summed E-state index contributed by atoms with van der Waals surface area (Å²) in [5.74, 6) is 0.518. The van der Waals surface area contributed by atoms with Gasteiger partial charge in [-0.05, 0) is 40.0 Å². The van der Waals surface area contributed by atoms with Crippen molar-refractivity contribution < 1.29 is 8.42 Å². The zero-order valence-corrected chi connectivity index (χ0v) is 11.6. The molecule has 0 aromatic heterocycles. The van der Waals surface area contributed by atoms with Gasteiger partial charge in [0.15, 0.2) is 0 Å². The first-order valence-electron chi connectivity index (χ1n) is 4.87. The standard InChI is InChI=1S/C10H15BrN2O2S/c1-7(2)6-13-10-4-3-8(5-9(10)11)16(12,14)15/h3-5,7,13H,6H2,1-2H3,(H2,12,14,15). The Morgan fingerprint density at radius 3 is 2.50 bits per heavy atom. The van der Waals surface area contributed by atoms with Crippen LogP contribution in [-0.4, -0.2) is 15.0 Å². The quantitative estimate of drug-likeness (QED) is 0.895. The summed E-state index contributed by atoms with van der Waals surface area (Å²) in [6.07, 6.45) is 0. The molecular weight excluding hydrogens is 292 g/mol. The molecule has 1 aromatic rings. The van der Waals surface area contributed by atoms with E-state index in [1.54, 1.807) is 6.07 Å². The normalized spacial score (nSPS) is 11.8. The lowest BCUT2D eigenvalue weighted by molar-refractivity contribution is 0.597. The van der Waals surface area contributed by atoms with Crippen molar-refractivity contribution in [3.8, 4) is 0 Å². The molecule has 0 aliphatic heterocycles. The van der Waals surface area contributed by atoms with E-state index >= 15 is 0 Å². The Balaban J connectivity index is 2.92. The fraction of sp³-hybridized carbons (Fsp3) is 0.400. The first-order valence-corrected chi connectivity index (χ1v) is 7.21. The predicted molar refractivity (Wildman–Crippen MR) is 68.8 cm³/mol. The van der Waals surface area contributed by atoms with E-state index in [4.69, 9.17) is 5.14 Å². The first-order chi connectivity index (χ1) is 7.30. The number of sulfonamides is 1. The zero-order chi connectivity index (χ0) is 12.3. The summed E-state index contributed by atoms with van der Waals surface area (Å²) in [6.45, 7) is 5.02. The van der Waals surface area contributed by atoms with Crippen molar-refractivity contribution >= 4 is 31.6 Å². The van der Waals surface area contributed by atoms with Gasteiger partial charge in [0.05, 0.1) is 4.90 Å². The van der Waals surface area contributed by atoms with Gasteiger partial charge >= 0.3 is 0 Å². The molecule has 3 N–H and O–H groups in total. The molecule has 0 fully saturated rings. The molecule has 0 unspecified atom stereocenters. The van der Waals surface area contributed by atoms with Gasteiger partial charge in [-0.1, -0.05) is 13.8 Å². The van der Waals surface area contributed by atoms with E-state index in [-0.39, 0.29) is 4.90 Å². The van der Waals surface area contributed by atoms with E-state index in [9.17, 15) is 8.42 Å². The van der Waals surface area contributed by atoms with Crippen molar-refractivity contribution in [1.29, 1.82) is 0 Å². The third kappa shape index (κ3) is 3.77. The lowest BCUT2D eigenvalue weighted by Crippen LogP contribution is -2.13. The average Bonchev–Trinajstić information content (AvgIpc) is 2.14. The summed E-state index contributed by atoms with van der Waals surface area (Å²) in [6, 6.07) is 4.69. The highest BCUT2D eigenvalue weighted by molar-refractivity contribution is 9.10. The average molecular weight is 307 g/mol. The maximum absolute atomic E-state index is 11.1. The lowest BCUT2D eigenvalue weighted by Gasteiger charge is -2.11. The van der Waals surface area contributed by atoms with Crippen molar-refractivity contribution in [1.82, 2.24) is 0 Å². The van der Waals surface area contributed by atoms with E-state index in [0.29, 0.717) is 10.4 Å². The number of nitrogens with two attached hydrogens (primary N) is 1. The predicted octanol–water partition coefficient (Wildman–Crippen LogP) is 2.16. The van der Waals surface area contributed by atoms with Gasteiger partial charge in [-0.15, -0.1) is 0 Å². The lowest BCUT2D eigenvalue weighted by atomic mass is 10.2. The summed E-state index contributed by atoms with van der Waals surface area (Å²) < 4.78 is 22.9. The number of nitrogens with one attached hydrogen (secondary N) is 1. The van der Waals surface area contributed by atoms with Crippen LogP contribution in [0.3, 0.4) is 0 Å².